The Morgan fingerprint density at radius 3 is 2.86 bits per heavy atom. The van der Waals surface area contributed by atoms with Crippen molar-refractivity contribution in [2.24, 2.45) is 0 Å². The molecule has 0 fully saturated rings. The highest BCUT2D eigenvalue weighted by molar-refractivity contribution is 9.10. The predicted octanol–water partition coefficient (Wildman–Crippen LogP) is 2.64. The lowest BCUT2D eigenvalue weighted by Gasteiger charge is -2.14. The van der Waals surface area contributed by atoms with Crippen LogP contribution in [0.25, 0.3) is 0 Å². The first-order valence-electron chi connectivity index (χ1n) is 4.50. The van der Waals surface area contributed by atoms with Crippen molar-refractivity contribution >= 4 is 27.7 Å². The van der Waals surface area contributed by atoms with Crippen molar-refractivity contribution in [1.82, 2.24) is 9.88 Å². The Kier molecular flexibility index (Phi) is 5.52. The van der Waals surface area contributed by atoms with Crippen LogP contribution in [0.15, 0.2) is 22.8 Å². The summed E-state index contributed by atoms with van der Waals surface area (Å²) in [5.74, 6) is 1.17. The van der Waals surface area contributed by atoms with E-state index in [1.165, 1.54) is 5.75 Å². The fraction of sp³-hybridized carbons (Fsp3) is 0.500. The molecule has 78 valence electrons. The highest BCUT2D eigenvalue weighted by atomic mass is 79.9. The molecule has 0 spiro atoms. The number of pyridine rings is 1. The van der Waals surface area contributed by atoms with Crippen LogP contribution < -0.4 is 0 Å². The quantitative estimate of drug-likeness (QED) is 0.822. The molecule has 1 rings (SSSR count). The second-order valence-electron chi connectivity index (χ2n) is 3.20. The van der Waals surface area contributed by atoms with Gasteiger partial charge in [-0.2, -0.15) is 11.8 Å². The molecule has 0 saturated carbocycles. The minimum atomic E-state index is 0.924. The van der Waals surface area contributed by atoms with E-state index in [0.717, 1.165) is 23.3 Å². The van der Waals surface area contributed by atoms with Gasteiger partial charge in [-0.05, 0) is 41.4 Å². The molecule has 0 aliphatic carbocycles. The highest BCUT2D eigenvalue weighted by Crippen LogP contribution is 2.08. The number of nitrogens with zero attached hydrogens (tertiary/aromatic N) is 2. The van der Waals surface area contributed by atoms with Gasteiger partial charge in [0.25, 0.3) is 0 Å². The lowest BCUT2D eigenvalue weighted by molar-refractivity contribution is 0.344. The third kappa shape index (κ3) is 4.44. The molecular weight excluding hydrogens is 260 g/mol. The summed E-state index contributed by atoms with van der Waals surface area (Å²) in [4.78, 5) is 6.62. The SMILES string of the molecule is CSCCN(C)Cc1ccc(Br)cn1. The maximum atomic E-state index is 4.33. The Balaban J connectivity index is 2.39. The summed E-state index contributed by atoms with van der Waals surface area (Å²) in [5.41, 5.74) is 1.12. The first-order valence-corrected chi connectivity index (χ1v) is 6.69. The van der Waals surface area contributed by atoms with Gasteiger partial charge in [-0.3, -0.25) is 9.88 Å². The van der Waals surface area contributed by atoms with Gasteiger partial charge in [0.2, 0.25) is 0 Å². The van der Waals surface area contributed by atoms with Crippen molar-refractivity contribution in [3.63, 3.8) is 0 Å². The second-order valence-corrected chi connectivity index (χ2v) is 5.10. The van der Waals surface area contributed by atoms with E-state index in [1.807, 2.05) is 24.0 Å². The molecule has 0 bridgehead atoms. The molecule has 0 aromatic carbocycles. The third-order valence-corrected chi connectivity index (χ3v) is 2.96. The van der Waals surface area contributed by atoms with Gasteiger partial charge in [-0.25, -0.2) is 0 Å². The molecule has 0 N–H and O–H groups in total. The van der Waals surface area contributed by atoms with Crippen molar-refractivity contribution in [1.29, 1.82) is 0 Å². The third-order valence-electron chi connectivity index (χ3n) is 1.90. The molecule has 1 heterocycles. The average Bonchev–Trinajstić information content (AvgIpc) is 2.18. The van der Waals surface area contributed by atoms with E-state index in [2.05, 4.69) is 45.2 Å². The monoisotopic (exact) mass is 274 g/mol. The summed E-state index contributed by atoms with van der Waals surface area (Å²) >= 11 is 5.25. The van der Waals surface area contributed by atoms with Gasteiger partial charge < -0.3 is 0 Å². The number of thioether (sulfide) groups is 1. The largest absolute Gasteiger partial charge is 0.300 e. The van der Waals surface area contributed by atoms with Gasteiger partial charge in [-0.15, -0.1) is 0 Å². The molecule has 1 aromatic rings. The second kappa shape index (κ2) is 6.43. The average molecular weight is 275 g/mol. The molecular formula is C10H15BrN2S. The zero-order valence-corrected chi connectivity index (χ0v) is 10.9. The molecule has 0 aliphatic heterocycles. The zero-order valence-electron chi connectivity index (χ0n) is 8.53. The number of aromatic nitrogens is 1. The summed E-state index contributed by atoms with van der Waals surface area (Å²) in [6.45, 7) is 2.03. The number of rotatable bonds is 5. The normalized spacial score (nSPS) is 10.9. The van der Waals surface area contributed by atoms with Crippen LogP contribution in [-0.2, 0) is 6.54 Å². The molecule has 0 saturated heterocycles. The van der Waals surface area contributed by atoms with Crippen LogP contribution in [0.1, 0.15) is 5.69 Å². The number of hydrogen-bond donors (Lipinski definition) is 0. The van der Waals surface area contributed by atoms with Crippen LogP contribution >= 0.6 is 27.7 Å². The standard InChI is InChI=1S/C10H15BrN2S/c1-13(5-6-14-2)8-10-4-3-9(11)7-12-10/h3-4,7H,5-6,8H2,1-2H3. The summed E-state index contributed by atoms with van der Waals surface area (Å²) in [6.07, 6.45) is 3.98. The Bertz CT molecular complexity index is 263. The van der Waals surface area contributed by atoms with E-state index >= 15 is 0 Å². The van der Waals surface area contributed by atoms with Crippen molar-refractivity contribution in [3.05, 3.63) is 28.5 Å². The van der Waals surface area contributed by atoms with Crippen LogP contribution in [0, 0.1) is 0 Å². The smallest absolute Gasteiger partial charge is 0.0544 e. The summed E-state index contributed by atoms with van der Waals surface area (Å²) in [7, 11) is 2.12. The maximum absolute atomic E-state index is 4.33. The number of halogens is 1. The Morgan fingerprint density at radius 2 is 2.29 bits per heavy atom. The van der Waals surface area contributed by atoms with E-state index in [4.69, 9.17) is 0 Å². The van der Waals surface area contributed by atoms with E-state index in [9.17, 15) is 0 Å². The van der Waals surface area contributed by atoms with Crippen LogP contribution in [0.2, 0.25) is 0 Å². The predicted molar refractivity (Wildman–Crippen MR) is 66.7 cm³/mol. The molecule has 0 unspecified atom stereocenters. The van der Waals surface area contributed by atoms with Crippen LogP contribution in [0.5, 0.6) is 0 Å². The minimum Gasteiger partial charge on any atom is -0.300 e. The Labute approximate surface area is 98.2 Å². The first kappa shape index (κ1) is 12.0. The molecule has 14 heavy (non-hydrogen) atoms. The zero-order chi connectivity index (χ0) is 10.4. The van der Waals surface area contributed by atoms with Crippen molar-refractivity contribution < 1.29 is 0 Å². The number of hydrogen-bond acceptors (Lipinski definition) is 3. The highest BCUT2D eigenvalue weighted by Gasteiger charge is 2.00. The fourth-order valence-corrected chi connectivity index (χ4v) is 1.83. The minimum absolute atomic E-state index is 0.924. The van der Waals surface area contributed by atoms with Gasteiger partial charge in [0.1, 0.15) is 0 Å². The van der Waals surface area contributed by atoms with Gasteiger partial charge in [0.15, 0.2) is 0 Å². The molecule has 0 amide bonds. The van der Waals surface area contributed by atoms with E-state index in [0.29, 0.717) is 0 Å². The summed E-state index contributed by atoms with van der Waals surface area (Å²) in [5, 5.41) is 0. The molecule has 0 radical (unpaired) electrons. The van der Waals surface area contributed by atoms with Gasteiger partial charge in [0, 0.05) is 29.5 Å². The molecule has 0 aliphatic rings. The van der Waals surface area contributed by atoms with Crippen LogP contribution in [-0.4, -0.2) is 35.5 Å². The molecule has 0 atom stereocenters. The lowest BCUT2D eigenvalue weighted by Crippen LogP contribution is -2.21. The van der Waals surface area contributed by atoms with Crippen LogP contribution in [0.3, 0.4) is 0 Å². The Morgan fingerprint density at radius 1 is 1.50 bits per heavy atom. The summed E-state index contributed by atoms with van der Waals surface area (Å²) < 4.78 is 1.04. The van der Waals surface area contributed by atoms with Gasteiger partial charge >= 0.3 is 0 Å². The van der Waals surface area contributed by atoms with E-state index < -0.39 is 0 Å². The van der Waals surface area contributed by atoms with E-state index in [-0.39, 0.29) is 0 Å². The maximum Gasteiger partial charge on any atom is 0.0544 e. The van der Waals surface area contributed by atoms with Crippen molar-refractivity contribution in [2.45, 2.75) is 6.54 Å². The topological polar surface area (TPSA) is 16.1 Å². The lowest BCUT2D eigenvalue weighted by atomic mass is 10.3. The molecule has 2 nitrogen and oxygen atoms in total. The Hall–Kier alpha value is -0.0600. The fourth-order valence-electron chi connectivity index (χ4n) is 1.10. The molecule has 4 heteroatoms. The van der Waals surface area contributed by atoms with E-state index in [1.54, 1.807) is 0 Å². The van der Waals surface area contributed by atoms with Gasteiger partial charge in [-0.1, -0.05) is 0 Å². The van der Waals surface area contributed by atoms with Gasteiger partial charge in [0.05, 0.1) is 5.69 Å². The van der Waals surface area contributed by atoms with Crippen molar-refractivity contribution in [2.75, 3.05) is 25.6 Å². The first-order chi connectivity index (χ1) is 6.72. The molecule has 1 aromatic heterocycles. The summed E-state index contributed by atoms with van der Waals surface area (Å²) in [6, 6.07) is 4.09. The van der Waals surface area contributed by atoms with Crippen LogP contribution in [0.4, 0.5) is 0 Å². The van der Waals surface area contributed by atoms with Crippen molar-refractivity contribution in [3.8, 4) is 0 Å².